The Morgan fingerprint density at radius 1 is 1.20 bits per heavy atom. The Hall–Kier alpha value is -3.00. The van der Waals surface area contributed by atoms with Gasteiger partial charge in [0.25, 0.3) is 11.5 Å². The molecular weight excluding hydrogens is 400 g/mol. The number of benzene rings is 1. The van der Waals surface area contributed by atoms with Crippen molar-refractivity contribution in [1.29, 1.82) is 0 Å². The number of nitrogens with zero attached hydrogens (tertiary/aromatic N) is 3. The van der Waals surface area contributed by atoms with E-state index in [1.54, 1.807) is 11.5 Å². The third-order valence-electron chi connectivity index (χ3n) is 5.49. The Morgan fingerprint density at radius 2 is 1.93 bits per heavy atom. The molecule has 1 saturated heterocycles. The molecule has 2 aromatic heterocycles. The van der Waals surface area contributed by atoms with Crippen molar-refractivity contribution in [2.75, 3.05) is 6.54 Å². The molecule has 0 spiro atoms. The third-order valence-corrected chi connectivity index (χ3v) is 6.68. The van der Waals surface area contributed by atoms with Gasteiger partial charge in [0.2, 0.25) is 5.91 Å². The summed E-state index contributed by atoms with van der Waals surface area (Å²) in [6.45, 7) is 6.07. The summed E-state index contributed by atoms with van der Waals surface area (Å²) in [5.41, 5.74) is 2.63. The molecule has 1 aliphatic heterocycles. The van der Waals surface area contributed by atoms with Crippen molar-refractivity contribution in [1.82, 2.24) is 19.8 Å². The predicted octanol–water partition coefficient (Wildman–Crippen LogP) is 2.84. The van der Waals surface area contributed by atoms with Crippen LogP contribution in [0.3, 0.4) is 0 Å². The Labute approximate surface area is 178 Å². The number of rotatable bonds is 6. The van der Waals surface area contributed by atoms with E-state index in [0.717, 1.165) is 24.1 Å². The van der Waals surface area contributed by atoms with Gasteiger partial charge in [-0.25, -0.2) is 4.98 Å². The SMILES string of the molecule is CCn1cnc2sc(C(=O)NCc3ccc(CN4CCCC4=O)cc3)c(C)c2c1=O. The van der Waals surface area contributed by atoms with E-state index in [2.05, 4.69) is 10.3 Å². The van der Waals surface area contributed by atoms with E-state index in [1.807, 2.05) is 36.1 Å². The smallest absolute Gasteiger partial charge is 0.262 e. The van der Waals surface area contributed by atoms with Crippen molar-refractivity contribution in [3.05, 3.63) is 62.5 Å². The maximum Gasteiger partial charge on any atom is 0.262 e. The number of nitrogens with one attached hydrogen (secondary N) is 1. The minimum absolute atomic E-state index is 0.109. The molecule has 1 aliphatic rings. The summed E-state index contributed by atoms with van der Waals surface area (Å²) in [6, 6.07) is 7.93. The normalized spacial score (nSPS) is 13.9. The van der Waals surface area contributed by atoms with E-state index in [9.17, 15) is 14.4 Å². The van der Waals surface area contributed by atoms with Gasteiger partial charge in [0.05, 0.1) is 16.6 Å². The van der Waals surface area contributed by atoms with Crippen LogP contribution in [-0.4, -0.2) is 32.8 Å². The fourth-order valence-electron chi connectivity index (χ4n) is 3.72. The highest BCUT2D eigenvalue weighted by molar-refractivity contribution is 7.20. The molecule has 0 aliphatic carbocycles. The summed E-state index contributed by atoms with van der Waals surface area (Å²) in [4.78, 5) is 44.3. The van der Waals surface area contributed by atoms with Crippen molar-refractivity contribution < 1.29 is 9.59 Å². The molecule has 0 saturated carbocycles. The summed E-state index contributed by atoms with van der Waals surface area (Å²) >= 11 is 1.25. The van der Waals surface area contributed by atoms with Crippen LogP contribution in [0.5, 0.6) is 0 Å². The summed E-state index contributed by atoms with van der Waals surface area (Å²) in [6.07, 6.45) is 3.10. The van der Waals surface area contributed by atoms with Gasteiger partial charge in [0, 0.05) is 32.6 Å². The molecule has 156 valence electrons. The van der Waals surface area contributed by atoms with Crippen molar-refractivity contribution in [2.24, 2.45) is 0 Å². The number of aromatic nitrogens is 2. The highest BCUT2D eigenvalue weighted by Crippen LogP contribution is 2.26. The van der Waals surface area contributed by atoms with Gasteiger partial charge in [-0.15, -0.1) is 11.3 Å². The first-order valence-electron chi connectivity index (χ1n) is 10.1. The largest absolute Gasteiger partial charge is 0.347 e. The van der Waals surface area contributed by atoms with Gasteiger partial charge in [-0.2, -0.15) is 0 Å². The van der Waals surface area contributed by atoms with Crippen LogP contribution in [0.4, 0.5) is 0 Å². The number of fused-ring (bicyclic) bond motifs is 1. The van der Waals surface area contributed by atoms with E-state index in [4.69, 9.17) is 0 Å². The van der Waals surface area contributed by atoms with Gasteiger partial charge in [-0.3, -0.25) is 19.0 Å². The second kappa shape index (κ2) is 8.39. The molecule has 7 nitrogen and oxygen atoms in total. The van der Waals surface area contributed by atoms with Gasteiger partial charge in [-0.05, 0) is 37.0 Å². The van der Waals surface area contributed by atoms with Crippen molar-refractivity contribution in [2.45, 2.75) is 46.3 Å². The zero-order valence-electron chi connectivity index (χ0n) is 17.1. The van der Waals surface area contributed by atoms with Crippen LogP contribution in [0.1, 0.15) is 46.1 Å². The van der Waals surface area contributed by atoms with Crippen molar-refractivity contribution in [3.8, 4) is 0 Å². The number of carbonyl (C=O) groups is 2. The molecule has 0 unspecified atom stereocenters. The lowest BCUT2D eigenvalue weighted by molar-refractivity contribution is -0.128. The Morgan fingerprint density at radius 3 is 2.60 bits per heavy atom. The Bertz CT molecular complexity index is 1160. The molecule has 4 rings (SSSR count). The van der Waals surface area contributed by atoms with Gasteiger partial charge < -0.3 is 10.2 Å². The van der Waals surface area contributed by atoms with Crippen LogP contribution in [0.15, 0.2) is 35.4 Å². The van der Waals surface area contributed by atoms with Gasteiger partial charge in [-0.1, -0.05) is 24.3 Å². The molecule has 1 aromatic carbocycles. The van der Waals surface area contributed by atoms with E-state index < -0.39 is 0 Å². The minimum atomic E-state index is -0.204. The highest BCUT2D eigenvalue weighted by Gasteiger charge is 2.20. The highest BCUT2D eigenvalue weighted by atomic mass is 32.1. The van der Waals surface area contributed by atoms with Crippen LogP contribution in [0.2, 0.25) is 0 Å². The topological polar surface area (TPSA) is 84.3 Å². The summed E-state index contributed by atoms with van der Waals surface area (Å²) < 4.78 is 1.54. The molecule has 2 amide bonds. The summed E-state index contributed by atoms with van der Waals surface area (Å²) in [5.74, 6) is 0.00918. The molecule has 1 N–H and O–H groups in total. The fraction of sp³-hybridized carbons (Fsp3) is 0.364. The first-order chi connectivity index (χ1) is 14.5. The number of carbonyl (C=O) groups excluding carboxylic acids is 2. The first kappa shape index (κ1) is 20.3. The fourth-order valence-corrected chi connectivity index (χ4v) is 4.77. The zero-order valence-corrected chi connectivity index (χ0v) is 17.9. The predicted molar refractivity (Wildman–Crippen MR) is 117 cm³/mol. The van der Waals surface area contributed by atoms with Gasteiger partial charge in [0.1, 0.15) is 4.83 Å². The Balaban J connectivity index is 1.43. The van der Waals surface area contributed by atoms with Crippen LogP contribution in [-0.2, 0) is 24.4 Å². The van der Waals surface area contributed by atoms with Crippen LogP contribution >= 0.6 is 11.3 Å². The van der Waals surface area contributed by atoms with Crippen molar-refractivity contribution in [3.63, 3.8) is 0 Å². The average Bonchev–Trinajstić information content (AvgIpc) is 3.31. The molecular formula is C22H24N4O3S. The standard InChI is InChI=1S/C22H24N4O3S/c1-3-25-13-24-21-18(22(25)29)14(2)19(30-21)20(28)23-11-15-6-8-16(9-7-15)12-26-10-4-5-17(26)27/h6-9,13H,3-5,10-12H2,1-2H3,(H,23,28). The van der Waals surface area contributed by atoms with Gasteiger partial charge in [0.15, 0.2) is 0 Å². The second-order valence-corrected chi connectivity index (χ2v) is 8.49. The number of amides is 2. The van der Waals surface area contributed by atoms with Gasteiger partial charge >= 0.3 is 0 Å². The maximum atomic E-state index is 12.7. The number of likely N-dealkylation sites (tertiary alicyclic amines) is 1. The number of thiophene rings is 1. The summed E-state index contributed by atoms with van der Waals surface area (Å²) in [7, 11) is 0. The van der Waals surface area contributed by atoms with E-state index in [-0.39, 0.29) is 17.4 Å². The molecule has 8 heteroatoms. The van der Waals surface area contributed by atoms with E-state index in [1.165, 1.54) is 17.7 Å². The number of hydrogen-bond donors (Lipinski definition) is 1. The monoisotopic (exact) mass is 424 g/mol. The van der Waals surface area contributed by atoms with E-state index in [0.29, 0.717) is 46.7 Å². The lowest BCUT2D eigenvalue weighted by Gasteiger charge is -2.15. The molecule has 3 heterocycles. The molecule has 3 aromatic rings. The molecule has 30 heavy (non-hydrogen) atoms. The summed E-state index contributed by atoms with van der Waals surface area (Å²) in [5, 5.41) is 3.46. The molecule has 1 fully saturated rings. The lowest BCUT2D eigenvalue weighted by atomic mass is 10.1. The number of hydrogen-bond acceptors (Lipinski definition) is 5. The molecule has 0 bridgehead atoms. The average molecular weight is 425 g/mol. The second-order valence-electron chi connectivity index (χ2n) is 7.49. The number of aryl methyl sites for hydroxylation is 2. The first-order valence-corrected chi connectivity index (χ1v) is 10.9. The minimum Gasteiger partial charge on any atom is -0.347 e. The molecule has 0 radical (unpaired) electrons. The van der Waals surface area contributed by atoms with E-state index >= 15 is 0 Å². The molecule has 0 atom stereocenters. The van der Waals surface area contributed by atoms with Crippen LogP contribution in [0.25, 0.3) is 10.2 Å². The van der Waals surface area contributed by atoms with Crippen LogP contribution in [0, 0.1) is 6.92 Å². The lowest BCUT2D eigenvalue weighted by Crippen LogP contribution is -2.24. The maximum absolute atomic E-state index is 12.7. The Kier molecular flexibility index (Phi) is 5.67. The van der Waals surface area contributed by atoms with Crippen LogP contribution < -0.4 is 10.9 Å². The zero-order chi connectivity index (χ0) is 21.3. The van der Waals surface area contributed by atoms with Crippen molar-refractivity contribution >= 4 is 33.4 Å². The third kappa shape index (κ3) is 3.87. The quantitative estimate of drug-likeness (QED) is 0.660.